The number of nitrogens with one attached hydrogen (secondary N) is 2. The molecule has 100 valence electrons. The molecule has 0 aliphatic rings. The van der Waals surface area contributed by atoms with Gasteiger partial charge in [0.05, 0.1) is 0 Å². The van der Waals surface area contributed by atoms with Gasteiger partial charge >= 0.3 is 0 Å². The van der Waals surface area contributed by atoms with Crippen molar-refractivity contribution in [1.82, 2.24) is 10.2 Å². The zero-order chi connectivity index (χ0) is 13.7. The Morgan fingerprint density at radius 2 is 2.26 bits per heavy atom. The standard InChI is InChI=1S/C13H15N3O3/c1-2-9-7-12(16-15-9)14-13(18)8-19-11-6-4-3-5-10(11)17/h3-7,17H,2,8H2,1H3,(H2,14,15,16,18). The van der Waals surface area contributed by atoms with Gasteiger partial charge in [0.25, 0.3) is 5.91 Å². The first-order valence-electron chi connectivity index (χ1n) is 5.94. The number of aromatic amines is 1. The molecule has 19 heavy (non-hydrogen) atoms. The van der Waals surface area contributed by atoms with Crippen LogP contribution >= 0.6 is 0 Å². The molecule has 0 atom stereocenters. The number of para-hydroxylation sites is 2. The number of anilines is 1. The lowest BCUT2D eigenvalue weighted by atomic mass is 10.3. The summed E-state index contributed by atoms with van der Waals surface area (Å²) >= 11 is 0. The Morgan fingerprint density at radius 1 is 1.47 bits per heavy atom. The van der Waals surface area contributed by atoms with Crippen LogP contribution in [0.4, 0.5) is 5.82 Å². The molecule has 1 heterocycles. The molecule has 0 radical (unpaired) electrons. The van der Waals surface area contributed by atoms with Crippen LogP contribution in [-0.4, -0.2) is 27.8 Å². The Labute approximate surface area is 110 Å². The lowest BCUT2D eigenvalue weighted by Crippen LogP contribution is -2.20. The molecule has 0 bridgehead atoms. The fraction of sp³-hybridized carbons (Fsp3) is 0.231. The van der Waals surface area contributed by atoms with Crippen LogP contribution in [-0.2, 0) is 11.2 Å². The summed E-state index contributed by atoms with van der Waals surface area (Å²) in [6, 6.07) is 8.24. The number of aryl methyl sites for hydroxylation is 1. The van der Waals surface area contributed by atoms with E-state index in [1.807, 2.05) is 6.92 Å². The first-order chi connectivity index (χ1) is 9.19. The van der Waals surface area contributed by atoms with Gasteiger partial charge in [-0.1, -0.05) is 19.1 Å². The molecule has 0 spiro atoms. The molecule has 6 heteroatoms. The van der Waals surface area contributed by atoms with Crippen molar-refractivity contribution in [3.8, 4) is 11.5 Å². The third kappa shape index (κ3) is 3.48. The number of rotatable bonds is 5. The van der Waals surface area contributed by atoms with Gasteiger partial charge in [0, 0.05) is 11.8 Å². The van der Waals surface area contributed by atoms with Crippen molar-refractivity contribution in [3.05, 3.63) is 36.0 Å². The quantitative estimate of drug-likeness (QED) is 0.764. The molecule has 0 fully saturated rings. The van der Waals surface area contributed by atoms with Crippen LogP contribution in [0, 0.1) is 0 Å². The summed E-state index contributed by atoms with van der Waals surface area (Å²) in [5.74, 6) is 0.400. The van der Waals surface area contributed by atoms with Crippen LogP contribution in [0.15, 0.2) is 30.3 Å². The third-order valence-electron chi connectivity index (χ3n) is 2.50. The van der Waals surface area contributed by atoms with Crippen molar-refractivity contribution < 1.29 is 14.6 Å². The van der Waals surface area contributed by atoms with Crippen molar-refractivity contribution in [2.24, 2.45) is 0 Å². The predicted molar refractivity (Wildman–Crippen MR) is 70.2 cm³/mol. The van der Waals surface area contributed by atoms with Crippen molar-refractivity contribution in [2.75, 3.05) is 11.9 Å². The highest BCUT2D eigenvalue weighted by Crippen LogP contribution is 2.24. The van der Waals surface area contributed by atoms with Gasteiger partial charge in [0.1, 0.15) is 0 Å². The summed E-state index contributed by atoms with van der Waals surface area (Å²) < 4.78 is 5.20. The number of amides is 1. The molecular weight excluding hydrogens is 246 g/mol. The first kappa shape index (κ1) is 12.9. The third-order valence-corrected chi connectivity index (χ3v) is 2.50. The zero-order valence-electron chi connectivity index (χ0n) is 10.5. The van der Waals surface area contributed by atoms with E-state index in [1.54, 1.807) is 24.3 Å². The molecule has 2 aromatic rings. The van der Waals surface area contributed by atoms with Crippen molar-refractivity contribution in [1.29, 1.82) is 0 Å². The molecule has 0 aliphatic heterocycles. The van der Waals surface area contributed by atoms with Gasteiger partial charge in [0.15, 0.2) is 23.9 Å². The molecular formula is C13H15N3O3. The number of hydrogen-bond acceptors (Lipinski definition) is 4. The largest absolute Gasteiger partial charge is 0.504 e. The Kier molecular flexibility index (Phi) is 4.02. The van der Waals surface area contributed by atoms with E-state index in [1.165, 1.54) is 6.07 Å². The average molecular weight is 261 g/mol. The van der Waals surface area contributed by atoms with Crippen molar-refractivity contribution in [2.45, 2.75) is 13.3 Å². The minimum atomic E-state index is -0.336. The summed E-state index contributed by atoms with van der Waals surface area (Å²) in [6.45, 7) is 1.80. The van der Waals surface area contributed by atoms with E-state index in [-0.39, 0.29) is 24.0 Å². The minimum Gasteiger partial charge on any atom is -0.504 e. The normalized spacial score (nSPS) is 10.2. The number of aromatic nitrogens is 2. The molecule has 6 nitrogen and oxygen atoms in total. The number of ether oxygens (including phenoxy) is 1. The Bertz CT molecular complexity index is 566. The maximum atomic E-state index is 11.6. The van der Waals surface area contributed by atoms with Gasteiger partial charge in [-0.05, 0) is 18.6 Å². The van der Waals surface area contributed by atoms with Crippen LogP contribution in [0.1, 0.15) is 12.6 Å². The Morgan fingerprint density at radius 3 is 2.95 bits per heavy atom. The predicted octanol–water partition coefficient (Wildman–Crippen LogP) is 1.70. The lowest BCUT2D eigenvalue weighted by molar-refractivity contribution is -0.118. The number of benzene rings is 1. The summed E-state index contributed by atoms with van der Waals surface area (Å²) in [7, 11) is 0. The number of nitrogens with zero attached hydrogens (tertiary/aromatic N) is 1. The highest BCUT2D eigenvalue weighted by Gasteiger charge is 2.08. The highest BCUT2D eigenvalue weighted by molar-refractivity contribution is 5.91. The van der Waals surface area contributed by atoms with Gasteiger partial charge in [-0.2, -0.15) is 5.10 Å². The van der Waals surface area contributed by atoms with Crippen LogP contribution in [0.5, 0.6) is 11.5 Å². The summed E-state index contributed by atoms with van der Waals surface area (Å²) in [6.07, 6.45) is 0.817. The molecule has 1 aromatic carbocycles. The number of H-pyrrole nitrogens is 1. The fourth-order valence-corrected chi connectivity index (χ4v) is 1.51. The number of phenols is 1. The number of hydrogen-bond donors (Lipinski definition) is 3. The molecule has 3 N–H and O–H groups in total. The lowest BCUT2D eigenvalue weighted by Gasteiger charge is -2.06. The topological polar surface area (TPSA) is 87.2 Å². The fourth-order valence-electron chi connectivity index (χ4n) is 1.51. The van der Waals surface area contributed by atoms with E-state index >= 15 is 0 Å². The van der Waals surface area contributed by atoms with E-state index in [0.29, 0.717) is 5.82 Å². The maximum absolute atomic E-state index is 11.6. The van der Waals surface area contributed by atoms with E-state index in [0.717, 1.165) is 12.1 Å². The number of carbonyl (C=O) groups is 1. The van der Waals surface area contributed by atoms with Crippen LogP contribution in [0.2, 0.25) is 0 Å². The van der Waals surface area contributed by atoms with Gasteiger partial charge in [-0.3, -0.25) is 9.89 Å². The SMILES string of the molecule is CCc1cc(NC(=O)COc2ccccc2O)n[nH]1. The smallest absolute Gasteiger partial charge is 0.263 e. The molecule has 0 saturated heterocycles. The number of carbonyl (C=O) groups excluding carboxylic acids is 1. The second-order valence-electron chi connectivity index (χ2n) is 3.94. The van der Waals surface area contributed by atoms with E-state index in [4.69, 9.17) is 4.74 Å². The monoisotopic (exact) mass is 261 g/mol. The molecule has 0 saturated carbocycles. The molecule has 0 unspecified atom stereocenters. The van der Waals surface area contributed by atoms with Crippen LogP contribution in [0.25, 0.3) is 0 Å². The second kappa shape index (κ2) is 5.90. The maximum Gasteiger partial charge on any atom is 0.263 e. The zero-order valence-corrected chi connectivity index (χ0v) is 10.5. The minimum absolute atomic E-state index is 0.00309. The van der Waals surface area contributed by atoms with Gasteiger partial charge in [-0.25, -0.2) is 0 Å². The summed E-state index contributed by atoms with van der Waals surface area (Å²) in [5, 5.41) is 18.8. The summed E-state index contributed by atoms with van der Waals surface area (Å²) in [4.78, 5) is 11.6. The van der Waals surface area contributed by atoms with Gasteiger partial charge in [0.2, 0.25) is 0 Å². The summed E-state index contributed by atoms with van der Waals surface area (Å²) in [5.41, 5.74) is 0.942. The van der Waals surface area contributed by atoms with E-state index in [9.17, 15) is 9.90 Å². The van der Waals surface area contributed by atoms with Crippen LogP contribution < -0.4 is 10.1 Å². The van der Waals surface area contributed by atoms with E-state index < -0.39 is 0 Å². The highest BCUT2D eigenvalue weighted by atomic mass is 16.5. The van der Waals surface area contributed by atoms with Crippen LogP contribution in [0.3, 0.4) is 0 Å². The first-order valence-corrected chi connectivity index (χ1v) is 5.94. The van der Waals surface area contributed by atoms with E-state index in [2.05, 4.69) is 15.5 Å². The molecule has 1 aromatic heterocycles. The van der Waals surface area contributed by atoms with Crippen molar-refractivity contribution in [3.63, 3.8) is 0 Å². The number of phenolic OH excluding ortho intramolecular Hbond substituents is 1. The van der Waals surface area contributed by atoms with Crippen molar-refractivity contribution >= 4 is 11.7 Å². The molecule has 1 amide bonds. The molecule has 2 rings (SSSR count). The second-order valence-corrected chi connectivity index (χ2v) is 3.94. The number of aromatic hydroxyl groups is 1. The van der Waals surface area contributed by atoms with Gasteiger partial charge in [-0.15, -0.1) is 0 Å². The average Bonchev–Trinajstić information content (AvgIpc) is 2.85. The van der Waals surface area contributed by atoms with Gasteiger partial charge < -0.3 is 15.2 Å². The molecule has 0 aliphatic carbocycles. The Balaban J connectivity index is 1.86. The Hall–Kier alpha value is -2.50.